The number of hydrogen-bond donors (Lipinski definition) is 2. The van der Waals surface area contributed by atoms with Crippen molar-refractivity contribution in [1.82, 2.24) is 5.32 Å². The zero-order valence-corrected chi connectivity index (χ0v) is 11.1. The number of hydrogen-bond acceptors (Lipinski definition) is 2. The fraction of sp³-hybridized carbons (Fsp3) is 0.500. The van der Waals surface area contributed by atoms with Gasteiger partial charge in [-0.15, -0.1) is 0 Å². The Bertz CT molecular complexity index is 357. The average Bonchev–Trinajstić information content (AvgIpc) is 2.31. The molecule has 1 aromatic carbocycles. The summed E-state index contributed by atoms with van der Waals surface area (Å²) in [6, 6.07) is 8.48. The molecule has 3 heteroatoms. The Morgan fingerprint density at radius 3 is 2.24 bits per heavy atom. The third kappa shape index (κ3) is 4.47. The Kier molecular flexibility index (Phi) is 5.01. The van der Waals surface area contributed by atoms with E-state index < -0.39 is 0 Å². The van der Waals surface area contributed by atoms with Gasteiger partial charge in [0.2, 0.25) is 5.91 Å². The van der Waals surface area contributed by atoms with Crippen LogP contribution in [0.5, 0.6) is 0 Å². The summed E-state index contributed by atoms with van der Waals surface area (Å²) in [4.78, 5) is 11.2. The van der Waals surface area contributed by atoms with Crippen molar-refractivity contribution < 1.29 is 4.79 Å². The molecule has 0 aliphatic rings. The Morgan fingerprint density at radius 1 is 1.18 bits per heavy atom. The third-order valence-electron chi connectivity index (χ3n) is 2.99. The molecule has 0 aromatic heterocycles. The van der Waals surface area contributed by atoms with Gasteiger partial charge in [0.05, 0.1) is 6.42 Å². The van der Waals surface area contributed by atoms with Crippen molar-refractivity contribution in [2.75, 3.05) is 12.4 Å². The van der Waals surface area contributed by atoms with E-state index in [1.807, 2.05) is 24.3 Å². The van der Waals surface area contributed by atoms with Crippen LogP contribution in [0.2, 0.25) is 0 Å². The van der Waals surface area contributed by atoms with Crippen molar-refractivity contribution in [1.29, 1.82) is 0 Å². The Balaban J connectivity index is 2.59. The summed E-state index contributed by atoms with van der Waals surface area (Å²) in [7, 11) is 1.66. The second kappa shape index (κ2) is 6.28. The summed E-state index contributed by atoms with van der Waals surface area (Å²) < 4.78 is 0. The van der Waals surface area contributed by atoms with Crippen molar-refractivity contribution >= 4 is 11.6 Å². The molecule has 3 nitrogen and oxygen atoms in total. The number of rotatable bonds is 5. The van der Waals surface area contributed by atoms with E-state index in [2.05, 4.69) is 31.4 Å². The van der Waals surface area contributed by atoms with Crippen molar-refractivity contribution in [3.8, 4) is 0 Å². The van der Waals surface area contributed by atoms with Crippen LogP contribution in [0.3, 0.4) is 0 Å². The van der Waals surface area contributed by atoms with Crippen LogP contribution < -0.4 is 10.6 Å². The maximum Gasteiger partial charge on any atom is 0.224 e. The topological polar surface area (TPSA) is 41.1 Å². The van der Waals surface area contributed by atoms with Gasteiger partial charge < -0.3 is 10.6 Å². The van der Waals surface area contributed by atoms with Gasteiger partial charge in [0, 0.05) is 18.8 Å². The highest BCUT2D eigenvalue weighted by atomic mass is 16.1. The van der Waals surface area contributed by atoms with Gasteiger partial charge >= 0.3 is 0 Å². The van der Waals surface area contributed by atoms with Crippen LogP contribution in [0, 0.1) is 5.92 Å². The molecular weight excluding hydrogens is 212 g/mol. The Hall–Kier alpha value is -1.51. The molecule has 0 aliphatic heterocycles. The molecule has 0 spiro atoms. The molecule has 1 rings (SSSR count). The maximum absolute atomic E-state index is 11.2. The Morgan fingerprint density at radius 2 is 1.76 bits per heavy atom. The lowest BCUT2D eigenvalue weighted by Gasteiger charge is -2.18. The molecule has 0 aliphatic carbocycles. The Labute approximate surface area is 104 Å². The van der Waals surface area contributed by atoms with Gasteiger partial charge in [0.1, 0.15) is 0 Å². The van der Waals surface area contributed by atoms with Crippen LogP contribution in [0.1, 0.15) is 26.3 Å². The summed E-state index contributed by atoms with van der Waals surface area (Å²) >= 11 is 0. The van der Waals surface area contributed by atoms with E-state index in [9.17, 15) is 4.79 Å². The molecule has 0 saturated carbocycles. The number of benzene rings is 1. The van der Waals surface area contributed by atoms with E-state index in [4.69, 9.17) is 0 Å². The predicted molar refractivity (Wildman–Crippen MR) is 72.1 cm³/mol. The van der Waals surface area contributed by atoms with Crippen LogP contribution in [0.15, 0.2) is 24.3 Å². The first-order valence-electron chi connectivity index (χ1n) is 6.09. The second-order valence-corrected chi connectivity index (χ2v) is 4.72. The van der Waals surface area contributed by atoms with Crippen molar-refractivity contribution in [2.45, 2.75) is 33.2 Å². The molecule has 0 fully saturated rings. The number of anilines is 1. The number of nitrogens with one attached hydrogen (secondary N) is 2. The number of likely N-dealkylation sites (N-methyl/N-ethyl adjacent to an activating group) is 1. The first kappa shape index (κ1) is 13.6. The van der Waals surface area contributed by atoms with E-state index >= 15 is 0 Å². The molecule has 17 heavy (non-hydrogen) atoms. The standard InChI is InChI=1S/C14H22N2O/c1-10(2)11(3)16-13-7-5-12(6-8-13)9-14(17)15-4/h5-8,10-11,16H,9H2,1-4H3,(H,15,17). The monoisotopic (exact) mass is 234 g/mol. The minimum absolute atomic E-state index is 0.0428. The lowest BCUT2D eigenvalue weighted by atomic mass is 10.1. The molecule has 1 amide bonds. The molecule has 2 N–H and O–H groups in total. The molecule has 0 saturated heterocycles. The molecule has 1 unspecified atom stereocenters. The minimum Gasteiger partial charge on any atom is -0.382 e. The normalized spacial score (nSPS) is 12.3. The quantitative estimate of drug-likeness (QED) is 0.821. The first-order valence-corrected chi connectivity index (χ1v) is 6.09. The van der Waals surface area contributed by atoms with Crippen LogP contribution in [0.4, 0.5) is 5.69 Å². The number of carbonyl (C=O) groups is 1. The highest BCUT2D eigenvalue weighted by Gasteiger charge is 2.06. The molecular formula is C14H22N2O. The van der Waals surface area contributed by atoms with Crippen molar-refractivity contribution in [2.24, 2.45) is 5.92 Å². The smallest absolute Gasteiger partial charge is 0.224 e. The van der Waals surface area contributed by atoms with Crippen molar-refractivity contribution in [3.63, 3.8) is 0 Å². The lowest BCUT2D eigenvalue weighted by molar-refractivity contribution is -0.119. The van der Waals surface area contributed by atoms with Crippen LogP contribution in [-0.4, -0.2) is 19.0 Å². The summed E-state index contributed by atoms with van der Waals surface area (Å²) in [6.45, 7) is 6.55. The average molecular weight is 234 g/mol. The second-order valence-electron chi connectivity index (χ2n) is 4.72. The number of carbonyl (C=O) groups excluding carboxylic acids is 1. The fourth-order valence-electron chi connectivity index (χ4n) is 1.42. The van der Waals surface area contributed by atoms with E-state index in [1.54, 1.807) is 7.05 Å². The molecule has 0 heterocycles. The van der Waals surface area contributed by atoms with E-state index in [1.165, 1.54) is 0 Å². The van der Waals surface area contributed by atoms with Gasteiger partial charge in [-0.25, -0.2) is 0 Å². The van der Waals surface area contributed by atoms with Crippen LogP contribution in [-0.2, 0) is 11.2 Å². The van der Waals surface area contributed by atoms with E-state index in [0.29, 0.717) is 18.4 Å². The molecule has 1 aromatic rings. The zero-order chi connectivity index (χ0) is 12.8. The molecule has 94 valence electrons. The maximum atomic E-state index is 11.2. The third-order valence-corrected chi connectivity index (χ3v) is 2.99. The van der Waals surface area contributed by atoms with Crippen LogP contribution in [0.25, 0.3) is 0 Å². The van der Waals surface area contributed by atoms with Gasteiger partial charge in [-0.05, 0) is 30.5 Å². The predicted octanol–water partition coefficient (Wildman–Crippen LogP) is 2.43. The van der Waals surface area contributed by atoms with Gasteiger partial charge in [0.15, 0.2) is 0 Å². The summed E-state index contributed by atoms with van der Waals surface area (Å²) in [6.07, 6.45) is 0.441. The van der Waals surface area contributed by atoms with Crippen LogP contribution >= 0.6 is 0 Å². The van der Waals surface area contributed by atoms with E-state index in [0.717, 1.165) is 11.3 Å². The minimum atomic E-state index is 0.0428. The molecule has 1 atom stereocenters. The van der Waals surface area contributed by atoms with Crippen molar-refractivity contribution in [3.05, 3.63) is 29.8 Å². The van der Waals surface area contributed by atoms with Gasteiger partial charge in [-0.1, -0.05) is 26.0 Å². The highest BCUT2D eigenvalue weighted by molar-refractivity contribution is 5.78. The summed E-state index contributed by atoms with van der Waals surface area (Å²) in [5.74, 6) is 0.641. The highest BCUT2D eigenvalue weighted by Crippen LogP contribution is 2.14. The van der Waals surface area contributed by atoms with Gasteiger partial charge in [-0.2, -0.15) is 0 Å². The van der Waals surface area contributed by atoms with E-state index in [-0.39, 0.29) is 5.91 Å². The fourth-order valence-corrected chi connectivity index (χ4v) is 1.42. The SMILES string of the molecule is CNC(=O)Cc1ccc(NC(C)C(C)C)cc1. The molecule has 0 bridgehead atoms. The lowest BCUT2D eigenvalue weighted by Crippen LogP contribution is -2.21. The van der Waals surface area contributed by atoms with Gasteiger partial charge in [-0.3, -0.25) is 4.79 Å². The zero-order valence-electron chi connectivity index (χ0n) is 11.1. The summed E-state index contributed by atoms with van der Waals surface area (Å²) in [5.41, 5.74) is 2.14. The molecule has 0 radical (unpaired) electrons. The summed E-state index contributed by atoms with van der Waals surface area (Å²) in [5, 5.41) is 6.06. The van der Waals surface area contributed by atoms with Gasteiger partial charge in [0.25, 0.3) is 0 Å². The largest absolute Gasteiger partial charge is 0.382 e. The number of amides is 1. The first-order chi connectivity index (χ1) is 8.02.